The standard InChI is InChI=1S/C24H24N2O3/c1-15-17-8-4-5-11-21(17)25-16(2)20(15)14-23(27)26-13-7-10-18-19(24(28)29-3)9-6-12-22(18)26/h4-6,8-9,11-12H,7,10,13-14H2,1-3H3. The van der Waals surface area contributed by atoms with E-state index in [9.17, 15) is 9.59 Å². The van der Waals surface area contributed by atoms with Gasteiger partial charge in [0.1, 0.15) is 0 Å². The lowest BCUT2D eigenvalue weighted by atomic mass is 9.94. The van der Waals surface area contributed by atoms with E-state index in [1.807, 2.05) is 43.3 Å². The summed E-state index contributed by atoms with van der Waals surface area (Å²) in [6, 6.07) is 13.5. The lowest BCUT2D eigenvalue weighted by Crippen LogP contribution is -2.37. The summed E-state index contributed by atoms with van der Waals surface area (Å²) >= 11 is 0. The van der Waals surface area contributed by atoms with Crippen molar-refractivity contribution in [1.29, 1.82) is 0 Å². The van der Waals surface area contributed by atoms with E-state index >= 15 is 0 Å². The number of hydrogen-bond donors (Lipinski definition) is 0. The van der Waals surface area contributed by atoms with Gasteiger partial charge in [-0.3, -0.25) is 9.78 Å². The minimum absolute atomic E-state index is 0.0243. The van der Waals surface area contributed by atoms with Gasteiger partial charge >= 0.3 is 5.97 Å². The number of aryl methyl sites for hydroxylation is 2. The van der Waals surface area contributed by atoms with Crippen LogP contribution < -0.4 is 4.90 Å². The van der Waals surface area contributed by atoms with Gasteiger partial charge in [0, 0.05) is 23.3 Å². The SMILES string of the molecule is COC(=O)c1cccc2c1CCCN2C(=O)Cc1c(C)nc2ccccc2c1C. The van der Waals surface area contributed by atoms with Crippen LogP contribution in [0, 0.1) is 13.8 Å². The highest BCUT2D eigenvalue weighted by Crippen LogP contribution is 2.31. The summed E-state index contributed by atoms with van der Waals surface area (Å²) in [6.45, 7) is 4.66. The van der Waals surface area contributed by atoms with Crippen LogP contribution in [-0.4, -0.2) is 30.5 Å². The number of benzene rings is 2. The van der Waals surface area contributed by atoms with Gasteiger partial charge in [-0.25, -0.2) is 4.79 Å². The molecule has 0 aliphatic carbocycles. The number of carbonyl (C=O) groups excluding carboxylic acids is 2. The van der Waals surface area contributed by atoms with Crippen molar-refractivity contribution in [3.05, 3.63) is 70.4 Å². The van der Waals surface area contributed by atoms with E-state index in [0.717, 1.165) is 51.8 Å². The summed E-state index contributed by atoms with van der Waals surface area (Å²) in [5.41, 5.74) is 6.16. The van der Waals surface area contributed by atoms with Crippen LogP contribution in [-0.2, 0) is 22.4 Å². The molecule has 5 nitrogen and oxygen atoms in total. The average Bonchev–Trinajstić information content (AvgIpc) is 2.75. The highest BCUT2D eigenvalue weighted by atomic mass is 16.5. The maximum atomic E-state index is 13.3. The number of hydrogen-bond acceptors (Lipinski definition) is 4. The Bertz CT molecular complexity index is 1120. The summed E-state index contributed by atoms with van der Waals surface area (Å²) in [5, 5.41) is 1.08. The van der Waals surface area contributed by atoms with Gasteiger partial charge in [-0.1, -0.05) is 24.3 Å². The molecule has 1 aliphatic rings. The molecule has 0 saturated heterocycles. The van der Waals surface area contributed by atoms with Crippen molar-refractivity contribution in [3.8, 4) is 0 Å². The fourth-order valence-corrected chi connectivity index (χ4v) is 4.26. The lowest BCUT2D eigenvalue weighted by molar-refractivity contribution is -0.118. The molecule has 1 amide bonds. The van der Waals surface area contributed by atoms with E-state index in [4.69, 9.17) is 9.72 Å². The van der Waals surface area contributed by atoms with Crippen molar-refractivity contribution >= 4 is 28.5 Å². The third-order valence-electron chi connectivity index (χ3n) is 5.77. The van der Waals surface area contributed by atoms with Crippen LogP contribution in [0.4, 0.5) is 5.69 Å². The molecular weight excluding hydrogens is 364 g/mol. The molecule has 1 aromatic heterocycles. The fourth-order valence-electron chi connectivity index (χ4n) is 4.26. The second-order valence-electron chi connectivity index (χ2n) is 7.44. The number of carbonyl (C=O) groups is 2. The zero-order valence-electron chi connectivity index (χ0n) is 17.0. The first kappa shape index (κ1) is 19.1. The first-order valence-electron chi connectivity index (χ1n) is 9.86. The molecule has 0 fully saturated rings. The Morgan fingerprint density at radius 2 is 1.90 bits per heavy atom. The smallest absolute Gasteiger partial charge is 0.338 e. The van der Waals surface area contributed by atoms with Gasteiger partial charge in [0.05, 0.1) is 24.6 Å². The number of esters is 1. The number of pyridine rings is 1. The molecule has 1 aliphatic heterocycles. The minimum Gasteiger partial charge on any atom is -0.465 e. The van der Waals surface area contributed by atoms with E-state index in [-0.39, 0.29) is 18.3 Å². The first-order valence-corrected chi connectivity index (χ1v) is 9.86. The Hall–Kier alpha value is -3.21. The molecule has 3 aromatic rings. The number of methoxy groups -OCH3 is 1. The van der Waals surface area contributed by atoms with E-state index in [1.54, 1.807) is 11.0 Å². The van der Waals surface area contributed by atoms with E-state index < -0.39 is 0 Å². The molecule has 0 radical (unpaired) electrons. The Labute approximate surface area is 170 Å². The lowest BCUT2D eigenvalue weighted by Gasteiger charge is -2.31. The monoisotopic (exact) mass is 388 g/mol. The predicted molar refractivity (Wildman–Crippen MR) is 113 cm³/mol. The second kappa shape index (κ2) is 7.66. The first-order chi connectivity index (χ1) is 14.0. The van der Waals surface area contributed by atoms with Crippen molar-refractivity contribution in [2.75, 3.05) is 18.6 Å². The largest absolute Gasteiger partial charge is 0.465 e. The predicted octanol–water partition coefficient (Wildman–Crippen LogP) is 4.16. The Balaban J connectivity index is 1.70. The number of nitrogens with zero attached hydrogens (tertiary/aromatic N) is 2. The summed E-state index contributed by atoms with van der Waals surface area (Å²) in [7, 11) is 1.38. The van der Waals surface area contributed by atoms with Crippen LogP contribution in [0.15, 0.2) is 42.5 Å². The van der Waals surface area contributed by atoms with Crippen LogP contribution in [0.1, 0.15) is 39.2 Å². The third kappa shape index (κ3) is 3.37. The van der Waals surface area contributed by atoms with E-state index in [1.165, 1.54) is 7.11 Å². The van der Waals surface area contributed by atoms with Crippen LogP contribution >= 0.6 is 0 Å². The molecule has 2 heterocycles. The Morgan fingerprint density at radius 3 is 2.69 bits per heavy atom. The number of para-hydroxylation sites is 1. The van der Waals surface area contributed by atoms with Gasteiger partial charge in [-0.15, -0.1) is 0 Å². The van der Waals surface area contributed by atoms with Crippen molar-refractivity contribution < 1.29 is 14.3 Å². The summed E-state index contributed by atoms with van der Waals surface area (Å²) in [4.78, 5) is 31.9. The molecule has 4 rings (SSSR count). The van der Waals surface area contributed by atoms with Crippen LogP contribution in [0.3, 0.4) is 0 Å². The Kier molecular flexibility index (Phi) is 5.05. The highest BCUT2D eigenvalue weighted by molar-refractivity contribution is 6.00. The molecule has 29 heavy (non-hydrogen) atoms. The number of aromatic nitrogens is 1. The molecule has 0 N–H and O–H groups in total. The van der Waals surface area contributed by atoms with Gasteiger partial charge in [-0.2, -0.15) is 0 Å². The number of rotatable bonds is 3. The molecule has 0 bridgehead atoms. The quantitative estimate of drug-likeness (QED) is 0.632. The van der Waals surface area contributed by atoms with Gasteiger partial charge in [-0.05, 0) is 61.6 Å². The number of anilines is 1. The molecule has 0 atom stereocenters. The average molecular weight is 388 g/mol. The van der Waals surface area contributed by atoms with Gasteiger partial charge in [0.25, 0.3) is 0 Å². The second-order valence-corrected chi connectivity index (χ2v) is 7.44. The van der Waals surface area contributed by atoms with Crippen molar-refractivity contribution in [1.82, 2.24) is 4.98 Å². The summed E-state index contributed by atoms with van der Waals surface area (Å²) in [6.07, 6.45) is 1.87. The maximum Gasteiger partial charge on any atom is 0.338 e. The zero-order valence-corrected chi connectivity index (χ0v) is 17.0. The van der Waals surface area contributed by atoms with E-state index in [0.29, 0.717) is 12.1 Å². The molecular formula is C24H24N2O3. The zero-order chi connectivity index (χ0) is 20.5. The van der Waals surface area contributed by atoms with Crippen molar-refractivity contribution in [3.63, 3.8) is 0 Å². The van der Waals surface area contributed by atoms with E-state index in [2.05, 4.69) is 6.92 Å². The third-order valence-corrected chi connectivity index (χ3v) is 5.77. The van der Waals surface area contributed by atoms with Gasteiger partial charge in [0.2, 0.25) is 5.91 Å². The summed E-state index contributed by atoms with van der Waals surface area (Å²) in [5.74, 6) is -0.335. The number of fused-ring (bicyclic) bond motifs is 2. The minimum atomic E-state index is -0.360. The van der Waals surface area contributed by atoms with Crippen LogP contribution in [0.5, 0.6) is 0 Å². The molecule has 5 heteroatoms. The molecule has 0 saturated carbocycles. The maximum absolute atomic E-state index is 13.3. The number of ether oxygens (including phenoxy) is 1. The molecule has 0 spiro atoms. The topological polar surface area (TPSA) is 59.5 Å². The normalized spacial score (nSPS) is 13.3. The summed E-state index contributed by atoms with van der Waals surface area (Å²) < 4.78 is 4.92. The molecule has 2 aromatic carbocycles. The Morgan fingerprint density at radius 1 is 1.10 bits per heavy atom. The highest BCUT2D eigenvalue weighted by Gasteiger charge is 2.27. The number of amides is 1. The van der Waals surface area contributed by atoms with Crippen molar-refractivity contribution in [2.24, 2.45) is 0 Å². The van der Waals surface area contributed by atoms with Crippen LogP contribution in [0.25, 0.3) is 10.9 Å². The molecule has 0 unspecified atom stereocenters. The molecule has 148 valence electrons. The van der Waals surface area contributed by atoms with Gasteiger partial charge < -0.3 is 9.64 Å². The van der Waals surface area contributed by atoms with Crippen LogP contribution in [0.2, 0.25) is 0 Å². The van der Waals surface area contributed by atoms with Crippen molar-refractivity contribution in [2.45, 2.75) is 33.1 Å². The van der Waals surface area contributed by atoms with Gasteiger partial charge in [0.15, 0.2) is 0 Å². The fraction of sp³-hybridized carbons (Fsp3) is 0.292.